The Balaban J connectivity index is 3.33. The minimum absolute atomic E-state index is 1.19. The SMILES string of the molecule is CCCCCCCCCCCCCCCCCC[N+](C)(C)CCC[Si](C)(C)OC. The van der Waals surface area contributed by atoms with E-state index >= 15 is 0 Å². The minimum atomic E-state index is -1.36. The molecule has 0 unspecified atom stereocenters. The number of quaternary nitrogens is 1. The second kappa shape index (κ2) is 18.9. The monoisotopic (exact) mass is 428 g/mol. The zero-order valence-corrected chi connectivity index (χ0v) is 22.5. The summed E-state index contributed by atoms with van der Waals surface area (Å²) in [6.45, 7) is 9.62. The van der Waals surface area contributed by atoms with Crippen molar-refractivity contribution in [3.8, 4) is 0 Å². The van der Waals surface area contributed by atoms with E-state index in [1.165, 1.54) is 133 Å². The summed E-state index contributed by atoms with van der Waals surface area (Å²) in [5.41, 5.74) is 0. The van der Waals surface area contributed by atoms with Crippen LogP contribution in [0, 0.1) is 0 Å². The van der Waals surface area contributed by atoms with Crippen molar-refractivity contribution in [2.75, 3.05) is 34.3 Å². The highest BCUT2D eigenvalue weighted by molar-refractivity contribution is 6.71. The lowest BCUT2D eigenvalue weighted by atomic mass is 10.0. The van der Waals surface area contributed by atoms with E-state index in [2.05, 4.69) is 34.1 Å². The molecule has 0 aromatic heterocycles. The van der Waals surface area contributed by atoms with Crippen LogP contribution in [0.25, 0.3) is 0 Å². The standard InChI is InChI=1S/C26H58NOSi/c1-7-8-9-10-11-12-13-14-15-16-17-18-19-20-21-22-24-27(2,3)25-23-26-29(5,6)28-4/h7-26H2,1-6H3/q+1. The number of hydrogen-bond acceptors (Lipinski definition) is 1. The van der Waals surface area contributed by atoms with Gasteiger partial charge in [-0.05, 0) is 38.4 Å². The summed E-state index contributed by atoms with van der Waals surface area (Å²) < 4.78 is 6.87. The summed E-state index contributed by atoms with van der Waals surface area (Å²) in [6.07, 6.45) is 24.6. The Kier molecular flexibility index (Phi) is 19.0. The maximum absolute atomic E-state index is 5.68. The third-order valence-corrected chi connectivity index (χ3v) is 9.37. The van der Waals surface area contributed by atoms with Gasteiger partial charge in [0.25, 0.3) is 0 Å². The highest BCUT2D eigenvalue weighted by Crippen LogP contribution is 2.16. The second-order valence-corrected chi connectivity index (χ2v) is 15.2. The number of nitrogens with zero attached hydrogens (tertiary/aromatic N) is 1. The fraction of sp³-hybridized carbons (Fsp3) is 1.00. The van der Waals surface area contributed by atoms with Gasteiger partial charge in [-0.15, -0.1) is 0 Å². The van der Waals surface area contributed by atoms with Gasteiger partial charge < -0.3 is 8.91 Å². The van der Waals surface area contributed by atoms with E-state index in [1.807, 2.05) is 7.11 Å². The zero-order chi connectivity index (χ0) is 21.8. The molecule has 0 rings (SSSR count). The van der Waals surface area contributed by atoms with Crippen LogP contribution in [-0.2, 0) is 4.43 Å². The molecule has 0 radical (unpaired) electrons. The molecule has 2 nitrogen and oxygen atoms in total. The molecule has 0 atom stereocenters. The van der Waals surface area contributed by atoms with Crippen LogP contribution in [0.3, 0.4) is 0 Å². The highest BCUT2D eigenvalue weighted by atomic mass is 28.4. The van der Waals surface area contributed by atoms with Gasteiger partial charge in [0.1, 0.15) is 0 Å². The molecule has 0 saturated heterocycles. The normalized spacial score (nSPS) is 12.6. The summed E-state index contributed by atoms with van der Waals surface area (Å²) in [6, 6.07) is 1.30. The Hall–Kier alpha value is 0.137. The molecule has 0 N–H and O–H groups in total. The predicted octanol–water partition coefficient (Wildman–Crippen LogP) is 8.57. The van der Waals surface area contributed by atoms with Gasteiger partial charge in [-0.3, -0.25) is 0 Å². The van der Waals surface area contributed by atoms with Crippen molar-refractivity contribution in [2.24, 2.45) is 0 Å². The Morgan fingerprint density at radius 1 is 0.552 bits per heavy atom. The first-order valence-electron chi connectivity index (χ1n) is 13.2. The molecule has 0 aliphatic rings. The largest absolute Gasteiger partial charge is 0.420 e. The summed E-state index contributed by atoms with van der Waals surface area (Å²) >= 11 is 0. The molecule has 0 aromatic rings. The first-order chi connectivity index (χ1) is 13.8. The van der Waals surface area contributed by atoms with E-state index in [0.29, 0.717) is 0 Å². The Labute approximate surface area is 186 Å². The Morgan fingerprint density at radius 2 is 0.897 bits per heavy atom. The average Bonchev–Trinajstić information content (AvgIpc) is 2.67. The van der Waals surface area contributed by atoms with Crippen molar-refractivity contribution >= 4 is 8.32 Å². The van der Waals surface area contributed by atoms with Gasteiger partial charge in [-0.2, -0.15) is 0 Å². The Morgan fingerprint density at radius 3 is 1.28 bits per heavy atom. The van der Waals surface area contributed by atoms with Crippen molar-refractivity contribution < 1.29 is 8.91 Å². The quantitative estimate of drug-likeness (QED) is 0.0952. The minimum Gasteiger partial charge on any atom is -0.420 e. The van der Waals surface area contributed by atoms with Crippen LogP contribution in [0.1, 0.15) is 116 Å². The van der Waals surface area contributed by atoms with E-state index in [1.54, 1.807) is 0 Å². The number of unbranched alkanes of at least 4 members (excludes halogenated alkanes) is 15. The van der Waals surface area contributed by atoms with E-state index in [-0.39, 0.29) is 0 Å². The molecule has 0 aromatic carbocycles. The van der Waals surface area contributed by atoms with Gasteiger partial charge in [0.2, 0.25) is 0 Å². The lowest BCUT2D eigenvalue weighted by molar-refractivity contribution is -0.890. The zero-order valence-electron chi connectivity index (χ0n) is 21.5. The summed E-state index contributed by atoms with van der Waals surface area (Å²) in [4.78, 5) is 0. The fourth-order valence-electron chi connectivity index (χ4n) is 4.23. The Bertz CT molecular complexity index is 344. The average molecular weight is 429 g/mol. The van der Waals surface area contributed by atoms with Crippen molar-refractivity contribution in [1.82, 2.24) is 0 Å². The second-order valence-electron chi connectivity index (χ2n) is 10.8. The lowest BCUT2D eigenvalue weighted by Crippen LogP contribution is -2.42. The number of hydrogen-bond donors (Lipinski definition) is 0. The molecule has 0 bridgehead atoms. The van der Waals surface area contributed by atoms with Gasteiger partial charge in [0.15, 0.2) is 8.32 Å². The van der Waals surface area contributed by atoms with Crippen LogP contribution in [0.2, 0.25) is 19.1 Å². The maximum atomic E-state index is 5.68. The topological polar surface area (TPSA) is 9.23 Å². The third kappa shape index (κ3) is 21.2. The molecular weight excluding hydrogens is 370 g/mol. The van der Waals surface area contributed by atoms with E-state index in [4.69, 9.17) is 4.43 Å². The maximum Gasteiger partial charge on any atom is 0.186 e. The van der Waals surface area contributed by atoms with Crippen LogP contribution < -0.4 is 0 Å². The molecule has 0 fully saturated rings. The summed E-state index contributed by atoms with van der Waals surface area (Å²) in [5.74, 6) is 0. The van der Waals surface area contributed by atoms with Crippen LogP contribution in [0.4, 0.5) is 0 Å². The molecule has 0 amide bonds. The van der Waals surface area contributed by atoms with Crippen LogP contribution in [0.5, 0.6) is 0 Å². The predicted molar refractivity (Wildman–Crippen MR) is 135 cm³/mol. The molecule has 0 aliphatic heterocycles. The molecule has 0 aliphatic carbocycles. The van der Waals surface area contributed by atoms with E-state index in [9.17, 15) is 0 Å². The fourth-order valence-corrected chi connectivity index (χ4v) is 5.45. The van der Waals surface area contributed by atoms with Crippen LogP contribution >= 0.6 is 0 Å². The highest BCUT2D eigenvalue weighted by Gasteiger charge is 2.22. The molecule has 0 saturated carbocycles. The van der Waals surface area contributed by atoms with Crippen LogP contribution in [-0.4, -0.2) is 47.1 Å². The first kappa shape index (κ1) is 29.1. The first-order valence-corrected chi connectivity index (χ1v) is 16.3. The van der Waals surface area contributed by atoms with Crippen molar-refractivity contribution in [2.45, 2.75) is 135 Å². The smallest absolute Gasteiger partial charge is 0.186 e. The van der Waals surface area contributed by atoms with Gasteiger partial charge in [0.05, 0.1) is 27.2 Å². The van der Waals surface area contributed by atoms with Gasteiger partial charge in [-0.25, -0.2) is 0 Å². The van der Waals surface area contributed by atoms with Gasteiger partial charge in [-0.1, -0.05) is 96.8 Å². The van der Waals surface area contributed by atoms with Crippen molar-refractivity contribution in [1.29, 1.82) is 0 Å². The van der Waals surface area contributed by atoms with Gasteiger partial charge in [0, 0.05) is 7.11 Å². The molecule has 176 valence electrons. The summed E-state index contributed by atoms with van der Waals surface area (Å²) in [7, 11) is 5.35. The van der Waals surface area contributed by atoms with Crippen molar-refractivity contribution in [3.05, 3.63) is 0 Å². The molecule has 29 heavy (non-hydrogen) atoms. The molecular formula is C26H58NOSi+. The molecule has 0 heterocycles. The lowest BCUT2D eigenvalue weighted by Gasteiger charge is -2.31. The van der Waals surface area contributed by atoms with E-state index < -0.39 is 8.32 Å². The van der Waals surface area contributed by atoms with Crippen molar-refractivity contribution in [3.63, 3.8) is 0 Å². The molecule has 3 heteroatoms. The number of rotatable bonds is 22. The molecule has 0 spiro atoms. The third-order valence-electron chi connectivity index (χ3n) is 6.71. The van der Waals surface area contributed by atoms with Crippen LogP contribution in [0.15, 0.2) is 0 Å². The van der Waals surface area contributed by atoms with E-state index in [0.717, 1.165) is 0 Å². The van der Waals surface area contributed by atoms with Gasteiger partial charge >= 0.3 is 0 Å². The summed E-state index contributed by atoms with van der Waals surface area (Å²) in [5, 5.41) is 0.